The summed E-state index contributed by atoms with van der Waals surface area (Å²) in [4.78, 5) is 11.5. The molecular weight excluding hydrogens is 218 g/mol. The molecule has 0 atom stereocenters. The van der Waals surface area contributed by atoms with Gasteiger partial charge in [-0.2, -0.15) is 0 Å². The average molecular weight is 233 g/mol. The average Bonchev–Trinajstić information content (AvgIpc) is 2.34. The highest BCUT2D eigenvalue weighted by Gasteiger charge is 2.08. The van der Waals surface area contributed by atoms with E-state index >= 15 is 0 Å². The molecule has 90 valence electrons. The molecule has 0 bridgehead atoms. The van der Waals surface area contributed by atoms with Crippen LogP contribution in [0.2, 0.25) is 0 Å². The number of carbonyl (C=O) groups excluding carboxylic acids is 1. The van der Waals surface area contributed by atoms with Crippen LogP contribution in [0.1, 0.15) is 21.5 Å². The first-order valence-corrected chi connectivity index (χ1v) is 5.00. The van der Waals surface area contributed by atoms with Crippen molar-refractivity contribution in [2.75, 3.05) is 7.05 Å². The Bertz CT molecular complexity index is 479. The van der Waals surface area contributed by atoms with Crippen molar-refractivity contribution in [2.45, 2.75) is 6.92 Å². The standard InChI is InChI=1S/C11H15N5O/c1-7-5-8(10(13)16-15-6-12)3-4-9(7)11(17)14-2/h3-6H,1-2H3,(H2,12,15)(H2,13,16)(H,14,17). The molecule has 1 aromatic rings. The lowest BCUT2D eigenvalue weighted by molar-refractivity contribution is 0.0962. The quantitative estimate of drug-likeness (QED) is 0.387. The zero-order valence-corrected chi connectivity index (χ0v) is 9.77. The molecule has 0 saturated heterocycles. The van der Waals surface area contributed by atoms with Gasteiger partial charge in [0.15, 0.2) is 5.84 Å². The van der Waals surface area contributed by atoms with Crippen LogP contribution >= 0.6 is 0 Å². The summed E-state index contributed by atoms with van der Waals surface area (Å²) in [5, 5.41) is 9.74. The third-order valence-corrected chi connectivity index (χ3v) is 2.23. The van der Waals surface area contributed by atoms with Crippen molar-refractivity contribution in [3.63, 3.8) is 0 Å². The summed E-state index contributed by atoms with van der Waals surface area (Å²) in [6, 6.07) is 5.18. The van der Waals surface area contributed by atoms with E-state index in [0.29, 0.717) is 11.1 Å². The maximum absolute atomic E-state index is 11.5. The molecule has 5 N–H and O–H groups in total. The van der Waals surface area contributed by atoms with Gasteiger partial charge in [-0.3, -0.25) is 4.79 Å². The number of amidine groups is 1. The van der Waals surface area contributed by atoms with Crippen molar-refractivity contribution in [1.82, 2.24) is 5.32 Å². The molecule has 1 rings (SSSR count). The predicted octanol–water partition coefficient (Wildman–Crippen LogP) is -0.0381. The number of benzene rings is 1. The van der Waals surface area contributed by atoms with Gasteiger partial charge in [-0.15, -0.1) is 10.2 Å². The van der Waals surface area contributed by atoms with Gasteiger partial charge in [-0.25, -0.2) is 0 Å². The van der Waals surface area contributed by atoms with Crippen molar-refractivity contribution in [2.24, 2.45) is 21.7 Å². The minimum Gasteiger partial charge on any atom is -0.388 e. The van der Waals surface area contributed by atoms with Crippen LogP contribution in [-0.4, -0.2) is 25.1 Å². The second-order valence-electron chi connectivity index (χ2n) is 3.36. The Morgan fingerprint density at radius 1 is 1.47 bits per heavy atom. The smallest absolute Gasteiger partial charge is 0.251 e. The Morgan fingerprint density at radius 2 is 2.18 bits per heavy atom. The Balaban J connectivity index is 3.08. The number of aryl methyl sites for hydroxylation is 1. The Hall–Kier alpha value is -2.37. The van der Waals surface area contributed by atoms with Crippen LogP contribution in [0.25, 0.3) is 0 Å². The van der Waals surface area contributed by atoms with Gasteiger partial charge in [0.2, 0.25) is 0 Å². The van der Waals surface area contributed by atoms with Crippen LogP contribution in [-0.2, 0) is 0 Å². The van der Waals surface area contributed by atoms with Crippen LogP contribution in [0.4, 0.5) is 0 Å². The van der Waals surface area contributed by atoms with Crippen molar-refractivity contribution < 1.29 is 4.79 Å². The normalized spacial score (nSPS) is 11.8. The fraction of sp³-hybridized carbons (Fsp3) is 0.182. The van der Waals surface area contributed by atoms with Crippen molar-refractivity contribution in [3.05, 3.63) is 34.9 Å². The van der Waals surface area contributed by atoms with Gasteiger partial charge in [-0.1, -0.05) is 6.07 Å². The monoisotopic (exact) mass is 233 g/mol. The number of amides is 1. The second-order valence-corrected chi connectivity index (χ2v) is 3.36. The van der Waals surface area contributed by atoms with Gasteiger partial charge in [0.05, 0.1) is 0 Å². The molecule has 0 aliphatic carbocycles. The fourth-order valence-electron chi connectivity index (χ4n) is 1.37. The van der Waals surface area contributed by atoms with E-state index in [1.54, 1.807) is 25.2 Å². The van der Waals surface area contributed by atoms with Crippen molar-refractivity contribution in [3.8, 4) is 0 Å². The summed E-state index contributed by atoms with van der Waals surface area (Å²) in [7, 11) is 1.58. The topological polar surface area (TPSA) is 106 Å². The molecule has 0 aliphatic heterocycles. The van der Waals surface area contributed by atoms with Crippen LogP contribution in [0.15, 0.2) is 28.4 Å². The van der Waals surface area contributed by atoms with Crippen molar-refractivity contribution in [1.29, 1.82) is 0 Å². The van der Waals surface area contributed by atoms with Crippen LogP contribution < -0.4 is 16.8 Å². The zero-order chi connectivity index (χ0) is 12.8. The molecule has 6 heteroatoms. The van der Waals surface area contributed by atoms with Gasteiger partial charge in [0.1, 0.15) is 6.34 Å². The van der Waals surface area contributed by atoms with Gasteiger partial charge in [-0.05, 0) is 24.6 Å². The van der Waals surface area contributed by atoms with E-state index in [1.165, 1.54) is 0 Å². The second kappa shape index (κ2) is 5.64. The van der Waals surface area contributed by atoms with E-state index in [2.05, 4.69) is 15.5 Å². The van der Waals surface area contributed by atoms with E-state index in [1.807, 2.05) is 6.92 Å². The minimum absolute atomic E-state index is 0.135. The summed E-state index contributed by atoms with van der Waals surface area (Å²) in [6.07, 6.45) is 1.05. The highest BCUT2D eigenvalue weighted by molar-refractivity contribution is 6.00. The Kier molecular flexibility index (Phi) is 4.21. The molecule has 6 nitrogen and oxygen atoms in total. The lowest BCUT2D eigenvalue weighted by Crippen LogP contribution is -2.20. The fourth-order valence-corrected chi connectivity index (χ4v) is 1.37. The summed E-state index contributed by atoms with van der Waals surface area (Å²) in [5.74, 6) is 0.114. The third kappa shape index (κ3) is 3.04. The molecular formula is C11H15N5O. The molecule has 0 saturated carbocycles. The summed E-state index contributed by atoms with van der Waals surface area (Å²) in [5.41, 5.74) is 12.9. The van der Waals surface area contributed by atoms with E-state index in [4.69, 9.17) is 11.5 Å². The molecule has 17 heavy (non-hydrogen) atoms. The maximum atomic E-state index is 11.5. The number of nitrogens with zero attached hydrogens (tertiary/aromatic N) is 2. The number of hydrogen-bond donors (Lipinski definition) is 3. The molecule has 0 aromatic heterocycles. The number of hydrogen-bond acceptors (Lipinski definition) is 3. The molecule has 0 radical (unpaired) electrons. The van der Waals surface area contributed by atoms with Crippen LogP contribution in [0.5, 0.6) is 0 Å². The molecule has 0 aliphatic rings. The Labute approximate surface area is 99.4 Å². The first kappa shape index (κ1) is 12.7. The molecule has 0 spiro atoms. The first-order chi connectivity index (χ1) is 8.10. The SMILES string of the molecule is CNC(=O)c1ccc(/C(N)=N/N=C\N)cc1C. The largest absolute Gasteiger partial charge is 0.388 e. The van der Waals surface area contributed by atoms with Gasteiger partial charge in [0, 0.05) is 18.2 Å². The molecule has 0 fully saturated rings. The summed E-state index contributed by atoms with van der Waals surface area (Å²) < 4.78 is 0. The van der Waals surface area contributed by atoms with Crippen LogP contribution in [0, 0.1) is 6.92 Å². The third-order valence-electron chi connectivity index (χ3n) is 2.23. The van der Waals surface area contributed by atoms with E-state index < -0.39 is 0 Å². The first-order valence-electron chi connectivity index (χ1n) is 5.00. The molecule has 1 amide bonds. The van der Waals surface area contributed by atoms with E-state index in [9.17, 15) is 4.79 Å². The minimum atomic E-state index is -0.135. The van der Waals surface area contributed by atoms with Gasteiger partial charge < -0.3 is 16.8 Å². The molecule has 1 aromatic carbocycles. The lowest BCUT2D eigenvalue weighted by atomic mass is 10.0. The predicted molar refractivity (Wildman–Crippen MR) is 68.0 cm³/mol. The summed E-state index contributed by atoms with van der Waals surface area (Å²) >= 11 is 0. The van der Waals surface area contributed by atoms with Gasteiger partial charge in [0.25, 0.3) is 5.91 Å². The number of nitrogens with one attached hydrogen (secondary N) is 1. The highest BCUT2D eigenvalue weighted by atomic mass is 16.1. The zero-order valence-electron chi connectivity index (χ0n) is 9.77. The number of nitrogens with two attached hydrogens (primary N) is 2. The lowest BCUT2D eigenvalue weighted by Gasteiger charge is -2.06. The Morgan fingerprint density at radius 3 is 2.71 bits per heavy atom. The summed E-state index contributed by atoms with van der Waals surface area (Å²) in [6.45, 7) is 1.83. The molecule has 0 unspecified atom stereocenters. The van der Waals surface area contributed by atoms with Crippen LogP contribution in [0.3, 0.4) is 0 Å². The molecule has 0 heterocycles. The highest BCUT2D eigenvalue weighted by Crippen LogP contribution is 2.11. The van der Waals surface area contributed by atoms with E-state index in [0.717, 1.165) is 11.9 Å². The van der Waals surface area contributed by atoms with Crippen molar-refractivity contribution >= 4 is 18.1 Å². The maximum Gasteiger partial charge on any atom is 0.251 e. The number of rotatable bonds is 3. The van der Waals surface area contributed by atoms with E-state index in [-0.39, 0.29) is 11.7 Å². The van der Waals surface area contributed by atoms with Gasteiger partial charge >= 0.3 is 0 Å². The number of carbonyl (C=O) groups is 1.